The van der Waals surface area contributed by atoms with E-state index in [-0.39, 0.29) is 11.7 Å². The van der Waals surface area contributed by atoms with Crippen molar-refractivity contribution >= 4 is 11.9 Å². The highest BCUT2D eigenvalue weighted by Gasteiger charge is 2.39. The second-order valence-corrected chi connectivity index (χ2v) is 6.95. The highest BCUT2D eigenvalue weighted by Crippen LogP contribution is 2.30. The van der Waals surface area contributed by atoms with E-state index in [1.165, 1.54) is 13.0 Å². The number of amides is 1. The third kappa shape index (κ3) is 4.80. The monoisotopic (exact) mass is 399 g/mol. The topological polar surface area (TPSA) is 132 Å². The van der Waals surface area contributed by atoms with Crippen molar-refractivity contribution in [2.75, 3.05) is 0 Å². The van der Waals surface area contributed by atoms with Crippen molar-refractivity contribution < 1.29 is 19.4 Å². The number of carbonyl (C=O) groups is 2. The van der Waals surface area contributed by atoms with Crippen LogP contribution in [0.4, 0.5) is 0 Å². The minimum Gasteiger partial charge on any atom is -0.475 e. The molecule has 9 heteroatoms. The molecular formula is C20H25N5O4. The Bertz CT molecular complexity index is 909. The Kier molecular flexibility index (Phi) is 6.28. The number of aromatic nitrogens is 3. The molecule has 0 bridgehead atoms. The molecule has 0 spiro atoms. The third-order valence-electron chi connectivity index (χ3n) is 4.56. The van der Waals surface area contributed by atoms with Gasteiger partial charge < -0.3 is 20.9 Å². The molecule has 4 N–H and O–H groups in total. The molecule has 0 saturated heterocycles. The van der Waals surface area contributed by atoms with E-state index >= 15 is 0 Å². The zero-order chi connectivity index (χ0) is 21.0. The molecule has 2 heterocycles. The number of nitrogens with one attached hydrogen (secondary N) is 1. The van der Waals surface area contributed by atoms with E-state index in [0.717, 1.165) is 12.0 Å². The standard InChI is InChI=1S/C20H25N5O4/c1-3-9-25-19(23-16(24-25)10-13-7-5-4-6-8-13)18-17(22-12(2)26)14(21)11-15(29-18)20(27)28/h4-8,11,14,17-18H,3,9-10,21H2,1-2H3,(H,22,26)(H,27,28)/t14-,17+,18+/m0/s1. The van der Waals surface area contributed by atoms with Crippen LogP contribution in [-0.4, -0.2) is 43.8 Å². The maximum Gasteiger partial charge on any atom is 0.370 e. The van der Waals surface area contributed by atoms with Crippen LogP contribution < -0.4 is 11.1 Å². The van der Waals surface area contributed by atoms with E-state index in [1.54, 1.807) is 4.68 Å². The predicted molar refractivity (Wildman–Crippen MR) is 105 cm³/mol. The lowest BCUT2D eigenvalue weighted by atomic mass is 9.98. The Morgan fingerprint density at radius 3 is 2.66 bits per heavy atom. The average molecular weight is 399 g/mol. The van der Waals surface area contributed by atoms with Gasteiger partial charge in [0.25, 0.3) is 0 Å². The largest absolute Gasteiger partial charge is 0.475 e. The molecule has 0 unspecified atom stereocenters. The number of aryl methyl sites for hydroxylation is 1. The third-order valence-corrected chi connectivity index (χ3v) is 4.56. The Balaban J connectivity index is 1.99. The fourth-order valence-electron chi connectivity index (χ4n) is 3.31. The van der Waals surface area contributed by atoms with Crippen molar-refractivity contribution in [2.45, 2.75) is 51.4 Å². The summed E-state index contributed by atoms with van der Waals surface area (Å²) >= 11 is 0. The number of rotatable bonds is 7. The highest BCUT2D eigenvalue weighted by molar-refractivity contribution is 5.84. The van der Waals surface area contributed by atoms with E-state index in [4.69, 9.17) is 10.5 Å². The van der Waals surface area contributed by atoms with Crippen LogP contribution in [0.2, 0.25) is 0 Å². The van der Waals surface area contributed by atoms with E-state index in [9.17, 15) is 14.7 Å². The first kappa shape index (κ1) is 20.5. The van der Waals surface area contributed by atoms with Gasteiger partial charge in [0.2, 0.25) is 11.7 Å². The summed E-state index contributed by atoms with van der Waals surface area (Å²) in [6, 6.07) is 8.39. The van der Waals surface area contributed by atoms with Crippen molar-refractivity contribution in [3.8, 4) is 0 Å². The van der Waals surface area contributed by atoms with Gasteiger partial charge >= 0.3 is 5.97 Å². The number of nitrogens with two attached hydrogens (primary N) is 1. The Hall–Kier alpha value is -3.20. The van der Waals surface area contributed by atoms with E-state index in [1.807, 2.05) is 37.3 Å². The second kappa shape index (κ2) is 8.87. The number of carboxylic acids is 1. The first-order valence-electron chi connectivity index (χ1n) is 9.51. The van der Waals surface area contributed by atoms with Gasteiger partial charge in [0, 0.05) is 19.9 Å². The molecule has 1 aliphatic heterocycles. The van der Waals surface area contributed by atoms with Gasteiger partial charge in [0.1, 0.15) is 0 Å². The summed E-state index contributed by atoms with van der Waals surface area (Å²) in [5, 5.41) is 16.7. The summed E-state index contributed by atoms with van der Waals surface area (Å²) in [7, 11) is 0. The lowest BCUT2D eigenvalue weighted by molar-refractivity contribution is -0.139. The number of aliphatic carboxylic acids is 1. The molecule has 154 valence electrons. The summed E-state index contributed by atoms with van der Waals surface area (Å²) in [5.74, 6) is -0.751. The summed E-state index contributed by atoms with van der Waals surface area (Å²) < 4.78 is 7.42. The van der Waals surface area contributed by atoms with Crippen LogP contribution >= 0.6 is 0 Å². The molecule has 0 fully saturated rings. The minimum atomic E-state index is -1.22. The highest BCUT2D eigenvalue weighted by atomic mass is 16.5. The van der Waals surface area contributed by atoms with Crippen LogP contribution in [-0.2, 0) is 27.3 Å². The minimum absolute atomic E-state index is 0.264. The van der Waals surface area contributed by atoms with E-state index < -0.39 is 24.2 Å². The molecule has 0 aliphatic carbocycles. The van der Waals surface area contributed by atoms with Gasteiger partial charge in [0.15, 0.2) is 17.8 Å². The smallest absolute Gasteiger partial charge is 0.370 e. The van der Waals surface area contributed by atoms with Crippen molar-refractivity contribution in [1.82, 2.24) is 20.1 Å². The molecule has 2 aromatic rings. The second-order valence-electron chi connectivity index (χ2n) is 6.95. The number of ether oxygens (including phenoxy) is 1. The van der Waals surface area contributed by atoms with Gasteiger partial charge in [-0.05, 0) is 18.1 Å². The molecule has 1 aromatic heterocycles. The molecule has 0 radical (unpaired) electrons. The van der Waals surface area contributed by atoms with Gasteiger partial charge in [-0.2, -0.15) is 5.10 Å². The van der Waals surface area contributed by atoms with Crippen molar-refractivity contribution in [2.24, 2.45) is 5.73 Å². The normalized spacial score (nSPS) is 21.2. The Morgan fingerprint density at radius 2 is 2.03 bits per heavy atom. The molecular weight excluding hydrogens is 374 g/mol. The Morgan fingerprint density at radius 1 is 1.31 bits per heavy atom. The number of nitrogens with zero attached hydrogens (tertiary/aromatic N) is 3. The predicted octanol–water partition coefficient (Wildman–Crippen LogP) is 1.15. The SMILES string of the molecule is CCCn1nc(Cc2ccccc2)nc1[C@@H]1OC(C(=O)O)=C[C@H](N)[C@H]1NC(C)=O. The number of hydrogen-bond donors (Lipinski definition) is 3. The molecule has 1 amide bonds. The van der Waals surface area contributed by atoms with Crippen LogP contribution in [0.3, 0.4) is 0 Å². The van der Waals surface area contributed by atoms with Crippen LogP contribution in [0.15, 0.2) is 42.2 Å². The molecule has 0 saturated carbocycles. The zero-order valence-corrected chi connectivity index (χ0v) is 16.4. The number of hydrogen-bond acceptors (Lipinski definition) is 6. The van der Waals surface area contributed by atoms with Crippen LogP contribution in [0.5, 0.6) is 0 Å². The first-order valence-corrected chi connectivity index (χ1v) is 9.51. The van der Waals surface area contributed by atoms with Crippen molar-refractivity contribution in [1.29, 1.82) is 0 Å². The summed E-state index contributed by atoms with van der Waals surface area (Å²) in [6.07, 6.45) is 1.75. The molecule has 9 nitrogen and oxygen atoms in total. The van der Waals surface area contributed by atoms with Gasteiger partial charge in [-0.15, -0.1) is 0 Å². The molecule has 3 atom stereocenters. The molecule has 3 rings (SSSR count). The van der Waals surface area contributed by atoms with Crippen LogP contribution in [0.25, 0.3) is 0 Å². The van der Waals surface area contributed by atoms with Gasteiger partial charge in [-0.25, -0.2) is 14.5 Å². The Labute approximate surface area is 168 Å². The number of benzene rings is 1. The fourth-order valence-corrected chi connectivity index (χ4v) is 3.31. The number of carboxylic acid groups (broad SMARTS) is 1. The lowest BCUT2D eigenvalue weighted by Gasteiger charge is -2.34. The average Bonchev–Trinajstić information content (AvgIpc) is 3.06. The van der Waals surface area contributed by atoms with E-state index in [0.29, 0.717) is 24.6 Å². The number of carbonyl (C=O) groups excluding carboxylic acids is 1. The maximum atomic E-state index is 11.7. The summed E-state index contributed by atoms with van der Waals surface area (Å²) in [4.78, 5) is 27.8. The van der Waals surface area contributed by atoms with E-state index in [2.05, 4.69) is 15.4 Å². The van der Waals surface area contributed by atoms with Crippen molar-refractivity contribution in [3.05, 3.63) is 59.4 Å². The van der Waals surface area contributed by atoms with Gasteiger partial charge in [-0.3, -0.25) is 4.79 Å². The van der Waals surface area contributed by atoms with Gasteiger partial charge in [0.05, 0.1) is 12.1 Å². The first-order chi connectivity index (χ1) is 13.9. The van der Waals surface area contributed by atoms with Crippen LogP contribution in [0, 0.1) is 0 Å². The van der Waals surface area contributed by atoms with Crippen LogP contribution in [0.1, 0.15) is 43.6 Å². The lowest BCUT2D eigenvalue weighted by Crippen LogP contribution is -2.53. The fraction of sp³-hybridized carbons (Fsp3) is 0.400. The van der Waals surface area contributed by atoms with Gasteiger partial charge in [-0.1, -0.05) is 37.3 Å². The molecule has 1 aromatic carbocycles. The van der Waals surface area contributed by atoms with Crippen molar-refractivity contribution in [3.63, 3.8) is 0 Å². The quantitative estimate of drug-likeness (QED) is 0.636. The summed E-state index contributed by atoms with van der Waals surface area (Å²) in [6.45, 7) is 3.95. The maximum absolute atomic E-state index is 11.7. The molecule has 1 aliphatic rings. The zero-order valence-electron chi connectivity index (χ0n) is 16.4. The summed E-state index contributed by atoms with van der Waals surface area (Å²) in [5.41, 5.74) is 7.20. The molecule has 29 heavy (non-hydrogen) atoms.